The average Bonchev–Trinajstić information content (AvgIpc) is 2.22. The summed E-state index contributed by atoms with van der Waals surface area (Å²) < 4.78 is 0. The summed E-state index contributed by atoms with van der Waals surface area (Å²) >= 11 is 0. The normalized spacial score (nSPS) is 22.4. The number of hydrogen-bond acceptors (Lipinski definition) is 2. The first-order chi connectivity index (χ1) is 8.68. The van der Waals surface area contributed by atoms with Crippen LogP contribution in [0.4, 0.5) is 0 Å². The molecular weight excluding hydrogens is 232 g/mol. The molecule has 0 saturated carbocycles. The summed E-state index contributed by atoms with van der Waals surface area (Å²) in [5.74, 6) is 0. The summed E-state index contributed by atoms with van der Waals surface area (Å²) in [5, 5.41) is 3.65. The van der Waals surface area contributed by atoms with Crippen LogP contribution in [0.25, 0.3) is 0 Å². The van der Waals surface area contributed by atoms with Crippen molar-refractivity contribution in [3.63, 3.8) is 0 Å². The molecule has 2 rings (SSSR count). The van der Waals surface area contributed by atoms with Gasteiger partial charge in [-0.2, -0.15) is 0 Å². The van der Waals surface area contributed by atoms with Gasteiger partial charge in [0.15, 0.2) is 0 Å². The van der Waals surface area contributed by atoms with Gasteiger partial charge in [0.05, 0.1) is 0 Å². The summed E-state index contributed by atoms with van der Waals surface area (Å²) in [4.78, 5) is 2.61. The first-order valence-corrected chi connectivity index (χ1v) is 7.25. The van der Waals surface area contributed by atoms with Gasteiger partial charge >= 0.3 is 0 Å². The summed E-state index contributed by atoms with van der Waals surface area (Å²) in [6, 6.07) is 6.88. The first-order valence-electron chi connectivity index (χ1n) is 7.25. The van der Waals surface area contributed by atoms with E-state index in [1.165, 1.54) is 16.7 Å². The van der Waals surface area contributed by atoms with Crippen molar-refractivity contribution in [2.75, 3.05) is 13.1 Å². The van der Waals surface area contributed by atoms with E-state index in [1.54, 1.807) is 0 Å². The molecule has 0 radical (unpaired) electrons. The zero-order valence-electron chi connectivity index (χ0n) is 13.3. The van der Waals surface area contributed by atoms with Gasteiger partial charge in [-0.15, -0.1) is 0 Å². The molecule has 106 valence electrons. The fourth-order valence-corrected chi connectivity index (χ4v) is 2.97. The highest BCUT2D eigenvalue weighted by molar-refractivity contribution is 5.28. The van der Waals surface area contributed by atoms with Crippen molar-refractivity contribution < 1.29 is 0 Å². The summed E-state index contributed by atoms with van der Waals surface area (Å²) in [6.07, 6.45) is 0. The zero-order valence-corrected chi connectivity index (χ0v) is 13.3. The Balaban J connectivity index is 2.19. The Kier molecular flexibility index (Phi) is 3.76. The molecule has 0 unspecified atom stereocenters. The largest absolute Gasteiger partial charge is 0.309 e. The molecular formula is C17H28N2. The summed E-state index contributed by atoms with van der Waals surface area (Å²) in [6.45, 7) is 16.8. The standard InChI is InChI=1S/C17H28N2/c1-13-7-14(2)9-15(8-13)10-19-12-16(3,4)18-11-17(19,5)6/h7-9,18H,10-12H2,1-6H3. The fourth-order valence-electron chi connectivity index (χ4n) is 2.97. The lowest BCUT2D eigenvalue weighted by molar-refractivity contribution is 0.0323. The minimum atomic E-state index is 0.203. The molecule has 0 amide bonds. The molecule has 19 heavy (non-hydrogen) atoms. The van der Waals surface area contributed by atoms with Crippen molar-refractivity contribution >= 4 is 0 Å². The van der Waals surface area contributed by atoms with Crippen LogP contribution in [0.5, 0.6) is 0 Å². The van der Waals surface area contributed by atoms with Gasteiger partial charge in [-0.25, -0.2) is 0 Å². The van der Waals surface area contributed by atoms with Crippen LogP contribution in [0.2, 0.25) is 0 Å². The van der Waals surface area contributed by atoms with Crippen LogP contribution in [0.15, 0.2) is 18.2 Å². The lowest BCUT2D eigenvalue weighted by Crippen LogP contribution is -2.65. The molecule has 1 saturated heterocycles. The Hall–Kier alpha value is -0.860. The molecule has 2 heteroatoms. The smallest absolute Gasteiger partial charge is 0.0282 e. The first kappa shape index (κ1) is 14.5. The molecule has 0 aromatic heterocycles. The number of aryl methyl sites for hydroxylation is 2. The predicted octanol–water partition coefficient (Wildman–Crippen LogP) is 3.27. The maximum absolute atomic E-state index is 3.65. The molecule has 1 aromatic carbocycles. The van der Waals surface area contributed by atoms with Crippen LogP contribution in [-0.2, 0) is 6.54 Å². The van der Waals surface area contributed by atoms with Crippen molar-refractivity contribution in [1.82, 2.24) is 10.2 Å². The number of hydrogen-bond donors (Lipinski definition) is 1. The molecule has 1 aromatic rings. The molecule has 0 bridgehead atoms. The highest BCUT2D eigenvalue weighted by Crippen LogP contribution is 2.25. The second-order valence-electron chi connectivity index (χ2n) is 7.40. The van der Waals surface area contributed by atoms with Crippen LogP contribution in [-0.4, -0.2) is 29.1 Å². The molecule has 1 aliphatic heterocycles. The number of benzene rings is 1. The lowest BCUT2D eigenvalue weighted by Gasteiger charge is -2.49. The highest BCUT2D eigenvalue weighted by Gasteiger charge is 2.37. The number of nitrogens with one attached hydrogen (secondary N) is 1. The third kappa shape index (κ3) is 3.58. The highest BCUT2D eigenvalue weighted by atomic mass is 15.3. The number of rotatable bonds is 2. The molecule has 0 aliphatic carbocycles. The monoisotopic (exact) mass is 260 g/mol. The maximum Gasteiger partial charge on any atom is 0.0282 e. The van der Waals surface area contributed by atoms with Gasteiger partial charge in [0.1, 0.15) is 0 Å². The molecule has 0 spiro atoms. The third-order valence-corrected chi connectivity index (χ3v) is 4.10. The average molecular weight is 260 g/mol. The topological polar surface area (TPSA) is 15.3 Å². The molecule has 1 fully saturated rings. The van der Waals surface area contributed by atoms with Crippen molar-refractivity contribution in [2.45, 2.75) is 59.2 Å². The molecule has 0 atom stereocenters. The van der Waals surface area contributed by atoms with Crippen LogP contribution in [0.3, 0.4) is 0 Å². The van der Waals surface area contributed by atoms with Crippen LogP contribution in [0.1, 0.15) is 44.4 Å². The molecule has 1 heterocycles. The van der Waals surface area contributed by atoms with Crippen molar-refractivity contribution in [3.05, 3.63) is 34.9 Å². The molecule has 1 aliphatic rings. The van der Waals surface area contributed by atoms with Crippen LogP contribution < -0.4 is 5.32 Å². The van der Waals surface area contributed by atoms with Gasteiger partial charge < -0.3 is 5.32 Å². The van der Waals surface area contributed by atoms with Crippen LogP contribution >= 0.6 is 0 Å². The van der Waals surface area contributed by atoms with E-state index in [-0.39, 0.29) is 11.1 Å². The van der Waals surface area contributed by atoms with Gasteiger partial charge in [-0.3, -0.25) is 4.90 Å². The number of piperazine rings is 1. The Bertz CT molecular complexity index is 440. The minimum absolute atomic E-state index is 0.203. The lowest BCUT2D eigenvalue weighted by atomic mass is 9.90. The summed E-state index contributed by atoms with van der Waals surface area (Å²) in [7, 11) is 0. The Labute approximate surface area is 118 Å². The molecule has 1 N–H and O–H groups in total. The Morgan fingerprint density at radius 3 is 2.21 bits per heavy atom. The predicted molar refractivity (Wildman–Crippen MR) is 82.5 cm³/mol. The van der Waals surface area contributed by atoms with Gasteiger partial charge in [0, 0.05) is 30.7 Å². The van der Waals surface area contributed by atoms with Gasteiger partial charge in [-0.05, 0) is 47.1 Å². The van der Waals surface area contributed by atoms with Gasteiger partial charge in [-0.1, -0.05) is 29.3 Å². The van der Waals surface area contributed by atoms with Crippen LogP contribution in [0, 0.1) is 13.8 Å². The van der Waals surface area contributed by atoms with Crippen molar-refractivity contribution in [3.8, 4) is 0 Å². The Morgan fingerprint density at radius 2 is 1.63 bits per heavy atom. The second kappa shape index (κ2) is 4.92. The zero-order chi connectivity index (χ0) is 14.3. The van der Waals surface area contributed by atoms with E-state index in [9.17, 15) is 0 Å². The minimum Gasteiger partial charge on any atom is -0.309 e. The van der Waals surface area contributed by atoms with Crippen molar-refractivity contribution in [2.24, 2.45) is 0 Å². The van der Waals surface area contributed by atoms with E-state index >= 15 is 0 Å². The second-order valence-corrected chi connectivity index (χ2v) is 7.40. The third-order valence-electron chi connectivity index (χ3n) is 4.10. The quantitative estimate of drug-likeness (QED) is 0.878. The van der Waals surface area contributed by atoms with Gasteiger partial charge in [0.2, 0.25) is 0 Å². The SMILES string of the molecule is Cc1cc(C)cc(CN2CC(C)(C)NCC2(C)C)c1. The van der Waals surface area contributed by atoms with Gasteiger partial charge in [0.25, 0.3) is 0 Å². The number of nitrogens with zero attached hydrogens (tertiary/aromatic N) is 1. The van der Waals surface area contributed by atoms with E-state index in [0.29, 0.717) is 0 Å². The van der Waals surface area contributed by atoms with E-state index < -0.39 is 0 Å². The maximum atomic E-state index is 3.65. The van der Waals surface area contributed by atoms with E-state index in [0.717, 1.165) is 19.6 Å². The van der Waals surface area contributed by atoms with E-state index in [4.69, 9.17) is 0 Å². The fraction of sp³-hybridized carbons (Fsp3) is 0.647. The Morgan fingerprint density at radius 1 is 1.05 bits per heavy atom. The molecule has 2 nitrogen and oxygen atoms in total. The van der Waals surface area contributed by atoms with E-state index in [1.807, 2.05) is 0 Å². The summed E-state index contributed by atoms with van der Waals surface area (Å²) in [5.41, 5.74) is 4.58. The van der Waals surface area contributed by atoms with E-state index in [2.05, 4.69) is 70.0 Å². The van der Waals surface area contributed by atoms with Crippen molar-refractivity contribution in [1.29, 1.82) is 0 Å².